The van der Waals surface area contributed by atoms with Gasteiger partial charge in [-0.25, -0.2) is 14.2 Å². The van der Waals surface area contributed by atoms with Gasteiger partial charge in [-0.15, -0.1) is 0 Å². The Morgan fingerprint density at radius 3 is 2.65 bits per heavy atom. The second kappa shape index (κ2) is 7.35. The van der Waals surface area contributed by atoms with Crippen molar-refractivity contribution in [3.05, 3.63) is 53.5 Å². The maximum atomic E-state index is 12.9. The van der Waals surface area contributed by atoms with E-state index < -0.39 is 6.03 Å². The summed E-state index contributed by atoms with van der Waals surface area (Å²) in [7, 11) is 1.73. The third-order valence-corrected chi connectivity index (χ3v) is 3.32. The summed E-state index contributed by atoms with van der Waals surface area (Å²) in [6.07, 6.45) is 2.72. The Morgan fingerprint density at radius 1 is 1.35 bits per heavy atom. The summed E-state index contributed by atoms with van der Waals surface area (Å²) in [6, 6.07) is 6.82. The minimum atomic E-state index is -0.428. The molecule has 23 heavy (non-hydrogen) atoms. The molecule has 0 fully saturated rings. The van der Waals surface area contributed by atoms with E-state index in [1.54, 1.807) is 38.4 Å². The van der Waals surface area contributed by atoms with Crippen molar-refractivity contribution in [1.82, 2.24) is 10.3 Å². The van der Waals surface area contributed by atoms with Crippen molar-refractivity contribution in [2.24, 2.45) is 0 Å². The van der Waals surface area contributed by atoms with Crippen LogP contribution in [0.5, 0.6) is 0 Å². The molecule has 2 amide bonds. The Labute approximate surface area is 133 Å². The molecule has 1 heterocycles. The number of hydrogen-bond acceptors (Lipinski definition) is 4. The Bertz CT molecular complexity index is 702. The molecule has 0 aliphatic heterocycles. The van der Waals surface area contributed by atoms with Crippen LogP contribution in [0.25, 0.3) is 0 Å². The van der Waals surface area contributed by atoms with Crippen LogP contribution in [0.4, 0.5) is 20.7 Å². The fraction of sp³-hybridized carbons (Fsp3) is 0.188. The summed E-state index contributed by atoms with van der Waals surface area (Å²) in [5, 5.41) is 15.6. The van der Waals surface area contributed by atoms with Gasteiger partial charge in [0.05, 0.1) is 17.9 Å². The smallest absolute Gasteiger partial charge is 0.320 e. The average molecular weight is 315 g/mol. The second-order valence-corrected chi connectivity index (χ2v) is 4.92. The standard InChI is InChI=1S/C16H18FN5O/c1-10(11-3-5-13(17)6-4-11)21-16(23)22-15-7-12(8-18)14(19-2)9-20-15/h3-10,18-19H,1-2H3,(H2,20,21,22,23). The van der Waals surface area contributed by atoms with Crippen LogP contribution in [-0.4, -0.2) is 24.3 Å². The number of nitrogens with zero attached hydrogens (tertiary/aromatic N) is 1. The number of benzene rings is 1. The number of pyridine rings is 1. The van der Waals surface area contributed by atoms with E-state index in [1.807, 2.05) is 0 Å². The molecule has 0 spiro atoms. The fourth-order valence-electron chi connectivity index (χ4n) is 2.05. The number of hydrogen-bond donors (Lipinski definition) is 4. The predicted molar refractivity (Wildman–Crippen MR) is 88.6 cm³/mol. The molecule has 7 heteroatoms. The lowest BCUT2D eigenvalue weighted by Crippen LogP contribution is -2.31. The molecule has 2 aromatic rings. The molecule has 1 atom stereocenters. The van der Waals surface area contributed by atoms with E-state index in [2.05, 4.69) is 20.9 Å². The van der Waals surface area contributed by atoms with Crippen molar-refractivity contribution in [1.29, 1.82) is 5.41 Å². The first-order chi connectivity index (χ1) is 11.0. The van der Waals surface area contributed by atoms with Crippen molar-refractivity contribution < 1.29 is 9.18 Å². The molecular formula is C16H18FN5O. The van der Waals surface area contributed by atoms with Crippen molar-refractivity contribution >= 4 is 23.8 Å². The van der Waals surface area contributed by atoms with Gasteiger partial charge in [0.25, 0.3) is 0 Å². The third kappa shape index (κ3) is 4.26. The summed E-state index contributed by atoms with van der Waals surface area (Å²) < 4.78 is 12.9. The van der Waals surface area contributed by atoms with Crippen molar-refractivity contribution in [3.8, 4) is 0 Å². The zero-order chi connectivity index (χ0) is 16.8. The molecular weight excluding hydrogens is 297 g/mol. The van der Waals surface area contributed by atoms with Crippen LogP contribution in [-0.2, 0) is 0 Å². The van der Waals surface area contributed by atoms with Crippen molar-refractivity contribution in [2.75, 3.05) is 17.7 Å². The SMILES string of the molecule is CNc1cnc(NC(=O)NC(C)c2ccc(F)cc2)cc1C=N. The molecule has 0 radical (unpaired) electrons. The lowest BCUT2D eigenvalue weighted by Gasteiger charge is -2.15. The van der Waals surface area contributed by atoms with Gasteiger partial charge >= 0.3 is 6.03 Å². The molecule has 0 saturated heterocycles. The molecule has 6 nitrogen and oxygen atoms in total. The number of carbonyl (C=O) groups is 1. The van der Waals surface area contributed by atoms with Crippen LogP contribution >= 0.6 is 0 Å². The average Bonchev–Trinajstić information content (AvgIpc) is 2.55. The highest BCUT2D eigenvalue weighted by Gasteiger charge is 2.11. The molecule has 1 aromatic heterocycles. The van der Waals surface area contributed by atoms with Crippen LogP contribution < -0.4 is 16.0 Å². The number of rotatable bonds is 5. The number of aromatic nitrogens is 1. The lowest BCUT2D eigenvalue weighted by molar-refractivity contribution is 0.249. The Hall–Kier alpha value is -2.96. The number of amides is 2. The minimum absolute atomic E-state index is 0.283. The summed E-state index contributed by atoms with van der Waals surface area (Å²) in [5.41, 5.74) is 2.11. The highest BCUT2D eigenvalue weighted by atomic mass is 19.1. The third-order valence-electron chi connectivity index (χ3n) is 3.32. The van der Waals surface area contributed by atoms with Gasteiger partial charge in [0.1, 0.15) is 11.6 Å². The van der Waals surface area contributed by atoms with Gasteiger partial charge in [0.15, 0.2) is 0 Å². The highest BCUT2D eigenvalue weighted by molar-refractivity contribution is 5.91. The van der Waals surface area contributed by atoms with Gasteiger partial charge in [-0.3, -0.25) is 5.32 Å². The van der Waals surface area contributed by atoms with Gasteiger partial charge in [0, 0.05) is 18.8 Å². The van der Waals surface area contributed by atoms with Crippen molar-refractivity contribution in [2.45, 2.75) is 13.0 Å². The molecule has 4 N–H and O–H groups in total. The van der Waals surface area contributed by atoms with Gasteiger partial charge in [-0.05, 0) is 30.7 Å². The first-order valence-corrected chi connectivity index (χ1v) is 7.04. The summed E-state index contributed by atoms with van der Waals surface area (Å²) >= 11 is 0. The Balaban J connectivity index is 2.01. The number of halogens is 1. The van der Waals surface area contributed by atoms with E-state index in [9.17, 15) is 9.18 Å². The van der Waals surface area contributed by atoms with Gasteiger partial charge in [-0.2, -0.15) is 0 Å². The van der Waals surface area contributed by atoms with Gasteiger partial charge < -0.3 is 16.0 Å². The molecule has 2 rings (SSSR count). The second-order valence-electron chi connectivity index (χ2n) is 4.92. The molecule has 1 aromatic carbocycles. The number of nitrogens with one attached hydrogen (secondary N) is 4. The van der Waals surface area contributed by atoms with Crippen LogP contribution in [0.15, 0.2) is 36.5 Å². The highest BCUT2D eigenvalue weighted by Crippen LogP contribution is 2.16. The maximum Gasteiger partial charge on any atom is 0.320 e. The van der Waals surface area contributed by atoms with Crippen LogP contribution in [0.1, 0.15) is 24.1 Å². The van der Waals surface area contributed by atoms with E-state index in [0.29, 0.717) is 17.1 Å². The van der Waals surface area contributed by atoms with Gasteiger partial charge in [-0.1, -0.05) is 12.1 Å². The first kappa shape index (κ1) is 16.4. The Morgan fingerprint density at radius 2 is 2.04 bits per heavy atom. The molecule has 0 saturated carbocycles. The van der Waals surface area contributed by atoms with Crippen molar-refractivity contribution in [3.63, 3.8) is 0 Å². The summed E-state index contributed by atoms with van der Waals surface area (Å²) in [4.78, 5) is 16.1. The van der Waals surface area contributed by atoms with Gasteiger partial charge in [0.2, 0.25) is 0 Å². The molecule has 0 aliphatic carbocycles. The monoisotopic (exact) mass is 315 g/mol. The van der Waals surface area contributed by atoms with E-state index >= 15 is 0 Å². The largest absolute Gasteiger partial charge is 0.386 e. The maximum absolute atomic E-state index is 12.9. The topological polar surface area (TPSA) is 89.9 Å². The minimum Gasteiger partial charge on any atom is -0.386 e. The Kier molecular flexibility index (Phi) is 5.24. The van der Waals surface area contributed by atoms with Crippen LogP contribution in [0, 0.1) is 11.2 Å². The normalized spacial score (nSPS) is 11.4. The van der Waals surface area contributed by atoms with E-state index in [0.717, 1.165) is 5.56 Å². The zero-order valence-corrected chi connectivity index (χ0v) is 12.9. The lowest BCUT2D eigenvalue weighted by atomic mass is 10.1. The molecule has 1 unspecified atom stereocenters. The van der Waals surface area contributed by atoms with Crippen LogP contribution in [0.2, 0.25) is 0 Å². The number of urea groups is 1. The molecule has 0 aliphatic rings. The number of anilines is 2. The zero-order valence-electron chi connectivity index (χ0n) is 12.9. The van der Waals surface area contributed by atoms with E-state index in [4.69, 9.17) is 5.41 Å². The summed E-state index contributed by atoms with van der Waals surface area (Å²) in [6.45, 7) is 1.80. The fourth-order valence-corrected chi connectivity index (χ4v) is 2.05. The first-order valence-electron chi connectivity index (χ1n) is 7.04. The van der Waals surface area contributed by atoms with E-state index in [-0.39, 0.29) is 11.9 Å². The summed E-state index contributed by atoms with van der Waals surface area (Å²) in [5.74, 6) is 0.0182. The van der Waals surface area contributed by atoms with E-state index in [1.165, 1.54) is 18.3 Å². The predicted octanol–water partition coefficient (Wildman–Crippen LogP) is 3.14. The molecule has 120 valence electrons. The number of carbonyl (C=O) groups excluding carboxylic acids is 1. The van der Waals surface area contributed by atoms with Crippen LogP contribution in [0.3, 0.4) is 0 Å². The molecule has 0 bridgehead atoms. The quantitative estimate of drug-likeness (QED) is 0.639.